The van der Waals surface area contributed by atoms with Crippen molar-refractivity contribution in [1.82, 2.24) is 4.90 Å². The van der Waals surface area contributed by atoms with Crippen molar-refractivity contribution < 1.29 is 19.5 Å². The second-order valence-corrected chi connectivity index (χ2v) is 5.17. The molecule has 2 rings (SSSR count). The number of aliphatic carboxylic acids is 1. The predicted molar refractivity (Wildman–Crippen MR) is 88.3 cm³/mol. The highest BCUT2D eigenvalue weighted by Crippen LogP contribution is 2.14. The normalized spacial score (nSPS) is 16.6. The Kier molecular flexibility index (Phi) is 14.6. The van der Waals surface area contributed by atoms with Gasteiger partial charge in [-0.2, -0.15) is 0 Å². The van der Waals surface area contributed by atoms with Gasteiger partial charge in [-0.05, 0) is 45.5 Å². The number of nitrogens with zero attached hydrogens (tertiary/aromatic N) is 1. The highest BCUT2D eigenvalue weighted by molar-refractivity contribution is 6.30. The first-order chi connectivity index (χ1) is 10.5. The van der Waals surface area contributed by atoms with Gasteiger partial charge in [-0.15, -0.1) is 0 Å². The first-order valence-electron chi connectivity index (χ1n) is 6.70. The van der Waals surface area contributed by atoms with Crippen LogP contribution in [0.3, 0.4) is 0 Å². The van der Waals surface area contributed by atoms with Gasteiger partial charge in [-0.25, -0.2) is 0 Å². The molecule has 0 saturated carbocycles. The summed E-state index contributed by atoms with van der Waals surface area (Å²) >= 11 is 5.61. The van der Waals surface area contributed by atoms with Gasteiger partial charge in [0.1, 0.15) is 13.6 Å². The fourth-order valence-electron chi connectivity index (χ4n) is 1.90. The molecule has 6 heteroatoms. The molecule has 0 aliphatic carbocycles. The number of carbonyl (C=O) groups excluding carboxylic acids is 2. The lowest BCUT2D eigenvalue weighted by Gasteiger charge is -2.26. The lowest BCUT2D eigenvalue weighted by atomic mass is 9.99. The molecule has 0 amide bonds. The molecule has 1 unspecified atom stereocenters. The zero-order chi connectivity index (χ0) is 17.5. The van der Waals surface area contributed by atoms with Crippen LogP contribution in [0.4, 0.5) is 0 Å². The zero-order valence-electron chi connectivity index (χ0n) is 13.1. The van der Waals surface area contributed by atoms with E-state index < -0.39 is 5.97 Å². The van der Waals surface area contributed by atoms with Crippen LogP contribution in [0.1, 0.15) is 18.4 Å². The van der Waals surface area contributed by atoms with Crippen molar-refractivity contribution in [2.75, 3.05) is 20.1 Å². The highest BCUT2D eigenvalue weighted by atomic mass is 35.5. The van der Waals surface area contributed by atoms with Crippen LogP contribution >= 0.6 is 11.6 Å². The van der Waals surface area contributed by atoms with Crippen molar-refractivity contribution >= 4 is 31.1 Å². The largest absolute Gasteiger partial charge is 0.481 e. The lowest BCUT2D eigenvalue weighted by Crippen LogP contribution is -2.35. The topological polar surface area (TPSA) is 74.7 Å². The van der Waals surface area contributed by atoms with E-state index in [-0.39, 0.29) is 5.92 Å². The number of hydrogen-bond acceptors (Lipinski definition) is 4. The summed E-state index contributed by atoms with van der Waals surface area (Å²) in [6.07, 6.45) is 1.87. The van der Waals surface area contributed by atoms with Gasteiger partial charge in [0.25, 0.3) is 0 Å². The Balaban J connectivity index is 0. The third kappa shape index (κ3) is 11.0. The number of aryl methyl sites for hydroxylation is 1. The predicted octanol–water partition coefficient (Wildman–Crippen LogP) is 2.69. The molecule has 0 radical (unpaired) electrons. The van der Waals surface area contributed by atoms with Crippen molar-refractivity contribution in [2.45, 2.75) is 19.8 Å². The third-order valence-corrected chi connectivity index (χ3v) is 3.24. The Morgan fingerprint density at radius 2 is 1.73 bits per heavy atom. The van der Waals surface area contributed by atoms with E-state index in [1.165, 1.54) is 5.56 Å². The number of carboxylic acid groups (broad SMARTS) is 1. The van der Waals surface area contributed by atoms with Gasteiger partial charge in [0, 0.05) is 11.6 Å². The Morgan fingerprint density at radius 3 is 2.05 bits per heavy atom. The molecule has 0 bridgehead atoms. The molecule has 1 heterocycles. The van der Waals surface area contributed by atoms with E-state index in [1.54, 1.807) is 0 Å². The average Bonchev–Trinajstić information content (AvgIpc) is 2.55. The van der Waals surface area contributed by atoms with E-state index >= 15 is 0 Å². The molecule has 1 fully saturated rings. The SMILES string of the molecule is C=O.C=O.CN1CCCC(C(=O)O)C1.Cc1ccc(Cl)cc1. The number of halogens is 1. The zero-order valence-corrected chi connectivity index (χ0v) is 13.9. The van der Waals surface area contributed by atoms with E-state index in [0.717, 1.165) is 31.0 Å². The number of likely N-dealkylation sites (tertiary alicyclic amines) is 1. The first-order valence-corrected chi connectivity index (χ1v) is 7.08. The van der Waals surface area contributed by atoms with Crippen molar-refractivity contribution in [3.8, 4) is 0 Å². The summed E-state index contributed by atoms with van der Waals surface area (Å²) < 4.78 is 0. The van der Waals surface area contributed by atoms with E-state index in [4.69, 9.17) is 26.3 Å². The average molecular weight is 330 g/mol. The second kappa shape index (κ2) is 14.2. The van der Waals surface area contributed by atoms with Crippen LogP contribution in [0.2, 0.25) is 5.02 Å². The van der Waals surface area contributed by atoms with Crippen LogP contribution in [-0.2, 0) is 14.4 Å². The molecule has 0 spiro atoms. The fourth-order valence-corrected chi connectivity index (χ4v) is 2.03. The highest BCUT2D eigenvalue weighted by Gasteiger charge is 2.22. The minimum atomic E-state index is -0.647. The molecular weight excluding hydrogens is 306 g/mol. The number of carbonyl (C=O) groups is 3. The molecule has 1 saturated heterocycles. The van der Waals surface area contributed by atoms with Gasteiger partial charge in [0.15, 0.2) is 0 Å². The molecule has 22 heavy (non-hydrogen) atoms. The van der Waals surface area contributed by atoms with Crippen LogP contribution in [0.25, 0.3) is 0 Å². The van der Waals surface area contributed by atoms with E-state index in [2.05, 4.69) is 4.90 Å². The van der Waals surface area contributed by atoms with Gasteiger partial charge in [0.2, 0.25) is 0 Å². The number of piperidine rings is 1. The van der Waals surface area contributed by atoms with Gasteiger partial charge >= 0.3 is 5.97 Å². The Bertz CT molecular complexity index is 388. The third-order valence-electron chi connectivity index (χ3n) is 2.98. The Labute approximate surface area is 136 Å². The van der Waals surface area contributed by atoms with Gasteiger partial charge < -0.3 is 19.6 Å². The molecule has 1 aliphatic heterocycles. The van der Waals surface area contributed by atoms with E-state index in [1.807, 2.05) is 51.8 Å². The summed E-state index contributed by atoms with van der Waals surface area (Å²) in [5.41, 5.74) is 1.24. The van der Waals surface area contributed by atoms with Crippen molar-refractivity contribution in [1.29, 1.82) is 0 Å². The molecule has 1 aromatic carbocycles. The molecule has 0 aromatic heterocycles. The number of benzene rings is 1. The summed E-state index contributed by atoms with van der Waals surface area (Å²) in [7, 11) is 1.97. The molecule has 1 aromatic rings. The summed E-state index contributed by atoms with van der Waals surface area (Å²) in [5.74, 6) is -0.773. The van der Waals surface area contributed by atoms with Crippen LogP contribution in [0.5, 0.6) is 0 Å². The standard InChI is InChI=1S/C7H7Cl.C7H13NO2.2CH2O/c1-6-2-4-7(8)5-3-6;1-8-4-2-3-6(5-8)7(9)10;2*1-2/h2-5H,1H3;6H,2-5H2,1H3,(H,9,10);2*1H2. The first kappa shape index (κ1) is 22.6. The minimum Gasteiger partial charge on any atom is -0.481 e. The van der Waals surface area contributed by atoms with Gasteiger partial charge in [0.05, 0.1) is 5.92 Å². The Hall–Kier alpha value is -1.72. The van der Waals surface area contributed by atoms with Crippen LogP contribution in [0.15, 0.2) is 24.3 Å². The summed E-state index contributed by atoms with van der Waals surface area (Å²) in [6, 6.07) is 7.75. The monoisotopic (exact) mass is 329 g/mol. The maximum atomic E-state index is 10.5. The van der Waals surface area contributed by atoms with Crippen LogP contribution in [0, 0.1) is 12.8 Å². The molecule has 1 aliphatic rings. The minimum absolute atomic E-state index is 0.126. The van der Waals surface area contributed by atoms with E-state index in [9.17, 15) is 4.79 Å². The Morgan fingerprint density at radius 1 is 1.23 bits per heavy atom. The maximum absolute atomic E-state index is 10.5. The van der Waals surface area contributed by atoms with Crippen LogP contribution < -0.4 is 0 Å². The fraction of sp³-hybridized carbons (Fsp3) is 0.438. The summed E-state index contributed by atoms with van der Waals surface area (Å²) in [5, 5.41) is 9.43. The van der Waals surface area contributed by atoms with Gasteiger partial charge in [-0.1, -0.05) is 29.3 Å². The van der Waals surface area contributed by atoms with Crippen molar-refractivity contribution in [3.05, 3.63) is 34.9 Å². The molecule has 1 N–H and O–H groups in total. The maximum Gasteiger partial charge on any atom is 0.307 e. The number of carboxylic acids is 1. The molecule has 5 nitrogen and oxygen atoms in total. The van der Waals surface area contributed by atoms with Crippen molar-refractivity contribution in [3.63, 3.8) is 0 Å². The van der Waals surface area contributed by atoms with Crippen LogP contribution in [-0.4, -0.2) is 49.7 Å². The second-order valence-electron chi connectivity index (χ2n) is 4.74. The quantitative estimate of drug-likeness (QED) is 0.857. The molecule has 124 valence electrons. The number of hydrogen-bond donors (Lipinski definition) is 1. The van der Waals surface area contributed by atoms with E-state index in [0.29, 0.717) is 0 Å². The molecular formula is C16H24ClNO4. The van der Waals surface area contributed by atoms with Crippen molar-refractivity contribution in [2.24, 2.45) is 5.92 Å². The lowest BCUT2D eigenvalue weighted by molar-refractivity contribution is -0.143. The molecule has 1 atom stereocenters. The summed E-state index contributed by atoms with van der Waals surface area (Å²) in [4.78, 5) is 28.5. The van der Waals surface area contributed by atoms with Gasteiger partial charge in [-0.3, -0.25) is 4.79 Å². The summed E-state index contributed by atoms with van der Waals surface area (Å²) in [6.45, 7) is 7.80. The smallest absolute Gasteiger partial charge is 0.307 e. The number of rotatable bonds is 1.